The van der Waals surface area contributed by atoms with Gasteiger partial charge in [-0.05, 0) is 54.4 Å². The van der Waals surface area contributed by atoms with Crippen LogP contribution in [0, 0.1) is 0 Å². The summed E-state index contributed by atoms with van der Waals surface area (Å²) < 4.78 is 15.7. The number of carbonyl (C=O) groups excluding carboxylic acids is 2. The van der Waals surface area contributed by atoms with Gasteiger partial charge >= 0.3 is 12.2 Å². The highest BCUT2D eigenvalue weighted by atomic mass is 16.6. The summed E-state index contributed by atoms with van der Waals surface area (Å²) in [5.74, 6) is 0. The van der Waals surface area contributed by atoms with E-state index in [1.807, 2.05) is 41.5 Å². The first-order chi connectivity index (χ1) is 10.5. The maximum absolute atomic E-state index is 11.8. The fourth-order valence-corrected chi connectivity index (χ4v) is 1.92. The molecule has 0 saturated carbocycles. The molecule has 134 valence electrons. The Labute approximate surface area is 138 Å². The average Bonchev–Trinajstić information content (AvgIpc) is 3.12. The molecule has 1 heterocycles. The van der Waals surface area contributed by atoms with Gasteiger partial charge in [-0.1, -0.05) is 0 Å². The van der Waals surface area contributed by atoms with E-state index >= 15 is 0 Å². The van der Waals surface area contributed by atoms with Crippen LogP contribution >= 0.6 is 0 Å². The Balaban J connectivity index is 2.27. The van der Waals surface area contributed by atoms with Crippen LogP contribution in [-0.2, 0) is 14.2 Å². The highest BCUT2D eigenvalue weighted by Gasteiger charge is 2.34. The predicted molar refractivity (Wildman–Crippen MR) is 86.4 cm³/mol. The number of alkyl carbamates (subject to hydrolysis) is 2. The first-order valence-corrected chi connectivity index (χ1v) is 8.04. The summed E-state index contributed by atoms with van der Waals surface area (Å²) in [5, 5.41) is 5.53. The van der Waals surface area contributed by atoms with Crippen molar-refractivity contribution in [2.75, 3.05) is 13.2 Å². The van der Waals surface area contributed by atoms with Gasteiger partial charge in [0.1, 0.15) is 17.3 Å². The van der Waals surface area contributed by atoms with Gasteiger partial charge in [-0.25, -0.2) is 9.59 Å². The van der Waals surface area contributed by atoms with E-state index in [9.17, 15) is 9.59 Å². The van der Waals surface area contributed by atoms with Crippen LogP contribution in [0.3, 0.4) is 0 Å². The summed E-state index contributed by atoms with van der Waals surface area (Å²) in [6.07, 6.45) is 0.554. The Bertz CT molecular complexity index is 408. The van der Waals surface area contributed by atoms with E-state index in [0.29, 0.717) is 26.0 Å². The topological polar surface area (TPSA) is 89.2 Å². The minimum absolute atomic E-state index is 0.0315. The molecule has 0 aromatic heterocycles. The molecule has 0 aliphatic carbocycles. The molecule has 0 aromatic rings. The van der Waals surface area contributed by atoms with E-state index in [1.54, 1.807) is 0 Å². The number of carbonyl (C=O) groups is 2. The zero-order valence-corrected chi connectivity index (χ0v) is 15.0. The van der Waals surface area contributed by atoms with E-state index in [1.165, 1.54) is 0 Å². The minimum Gasteiger partial charge on any atom is -0.444 e. The summed E-state index contributed by atoms with van der Waals surface area (Å²) >= 11 is 0. The van der Waals surface area contributed by atoms with Gasteiger partial charge in [-0.2, -0.15) is 0 Å². The van der Waals surface area contributed by atoms with Gasteiger partial charge < -0.3 is 24.8 Å². The van der Waals surface area contributed by atoms with Crippen molar-refractivity contribution in [1.82, 2.24) is 10.6 Å². The normalized spacial score (nSPS) is 18.8. The molecule has 0 radical (unpaired) electrons. The number of epoxide rings is 1. The van der Waals surface area contributed by atoms with Crippen LogP contribution in [0.25, 0.3) is 0 Å². The number of ether oxygens (including phenoxy) is 3. The molecule has 1 fully saturated rings. The van der Waals surface area contributed by atoms with E-state index < -0.39 is 23.4 Å². The average molecular weight is 330 g/mol. The molecule has 2 N–H and O–H groups in total. The SMILES string of the molecule is CC(C)(C)OC(=O)NCCC[C@@H](NC(=O)OC(C)(C)C)C1CO1. The summed E-state index contributed by atoms with van der Waals surface area (Å²) in [7, 11) is 0. The van der Waals surface area contributed by atoms with Gasteiger partial charge in [0.05, 0.1) is 12.6 Å². The van der Waals surface area contributed by atoms with Gasteiger partial charge in [0.2, 0.25) is 0 Å². The predicted octanol–water partition coefficient (Wildman–Crippen LogP) is 2.58. The van der Waals surface area contributed by atoms with Gasteiger partial charge in [0, 0.05) is 6.54 Å². The van der Waals surface area contributed by atoms with E-state index in [4.69, 9.17) is 14.2 Å². The van der Waals surface area contributed by atoms with Crippen LogP contribution in [0.2, 0.25) is 0 Å². The lowest BCUT2D eigenvalue weighted by atomic mass is 10.1. The smallest absolute Gasteiger partial charge is 0.407 e. The fourth-order valence-electron chi connectivity index (χ4n) is 1.92. The van der Waals surface area contributed by atoms with E-state index in [0.717, 1.165) is 0 Å². The molecule has 1 saturated heterocycles. The summed E-state index contributed by atoms with van der Waals surface area (Å²) in [5.41, 5.74) is -1.04. The van der Waals surface area contributed by atoms with Crippen LogP contribution in [-0.4, -0.2) is 48.7 Å². The zero-order chi connectivity index (χ0) is 17.7. The lowest BCUT2D eigenvalue weighted by Crippen LogP contribution is -2.42. The monoisotopic (exact) mass is 330 g/mol. The third-order valence-corrected chi connectivity index (χ3v) is 2.87. The second-order valence-electron chi connectivity index (χ2n) is 7.70. The molecule has 0 spiro atoms. The second-order valence-corrected chi connectivity index (χ2v) is 7.70. The first kappa shape index (κ1) is 19.5. The van der Waals surface area contributed by atoms with Crippen LogP contribution in [0.1, 0.15) is 54.4 Å². The third kappa shape index (κ3) is 9.99. The van der Waals surface area contributed by atoms with Gasteiger partial charge in [-0.15, -0.1) is 0 Å². The molecule has 1 unspecified atom stereocenters. The first-order valence-electron chi connectivity index (χ1n) is 8.04. The number of amides is 2. The summed E-state index contributed by atoms with van der Waals surface area (Å²) in [6, 6.07) is -0.106. The van der Waals surface area contributed by atoms with Crippen molar-refractivity contribution < 1.29 is 23.8 Å². The standard InChI is InChI=1S/C16H30N2O5/c1-15(2,3)22-13(19)17-9-7-8-11(12-10-21-12)18-14(20)23-16(4,5)6/h11-12H,7-10H2,1-6H3,(H,17,19)(H,18,20)/t11-,12?/m1/s1. The van der Waals surface area contributed by atoms with Crippen molar-refractivity contribution in [3.05, 3.63) is 0 Å². The maximum Gasteiger partial charge on any atom is 0.407 e. The maximum atomic E-state index is 11.8. The minimum atomic E-state index is -0.530. The molecule has 2 atom stereocenters. The molecule has 1 rings (SSSR count). The molecule has 1 aliphatic heterocycles. The summed E-state index contributed by atoms with van der Waals surface area (Å²) in [6.45, 7) is 12.0. The van der Waals surface area contributed by atoms with E-state index in [2.05, 4.69) is 10.6 Å². The molecule has 2 amide bonds. The van der Waals surface area contributed by atoms with Crippen molar-refractivity contribution in [2.45, 2.75) is 77.7 Å². The summed E-state index contributed by atoms with van der Waals surface area (Å²) in [4.78, 5) is 23.4. The molecule has 0 bridgehead atoms. The van der Waals surface area contributed by atoms with Crippen molar-refractivity contribution in [1.29, 1.82) is 0 Å². The fraction of sp³-hybridized carbons (Fsp3) is 0.875. The molecule has 7 nitrogen and oxygen atoms in total. The largest absolute Gasteiger partial charge is 0.444 e. The molecular weight excluding hydrogens is 300 g/mol. The van der Waals surface area contributed by atoms with E-state index in [-0.39, 0.29) is 12.1 Å². The number of nitrogens with one attached hydrogen (secondary N) is 2. The highest BCUT2D eigenvalue weighted by molar-refractivity contribution is 5.68. The van der Waals surface area contributed by atoms with Crippen LogP contribution in [0.4, 0.5) is 9.59 Å². The highest BCUT2D eigenvalue weighted by Crippen LogP contribution is 2.18. The lowest BCUT2D eigenvalue weighted by Gasteiger charge is -2.23. The molecule has 23 heavy (non-hydrogen) atoms. The number of rotatable bonds is 6. The van der Waals surface area contributed by atoms with Gasteiger partial charge in [-0.3, -0.25) is 0 Å². The quantitative estimate of drug-likeness (QED) is 0.577. The Kier molecular flexibility index (Phi) is 6.68. The van der Waals surface area contributed by atoms with Crippen molar-refractivity contribution in [2.24, 2.45) is 0 Å². The Morgan fingerprint density at radius 2 is 1.61 bits per heavy atom. The van der Waals surface area contributed by atoms with Gasteiger partial charge in [0.25, 0.3) is 0 Å². The van der Waals surface area contributed by atoms with Crippen LogP contribution in [0.15, 0.2) is 0 Å². The Morgan fingerprint density at radius 1 is 1.09 bits per heavy atom. The van der Waals surface area contributed by atoms with Crippen molar-refractivity contribution in [3.63, 3.8) is 0 Å². The van der Waals surface area contributed by atoms with Crippen LogP contribution in [0.5, 0.6) is 0 Å². The number of hydrogen-bond donors (Lipinski definition) is 2. The molecule has 7 heteroatoms. The third-order valence-electron chi connectivity index (χ3n) is 2.87. The van der Waals surface area contributed by atoms with Crippen molar-refractivity contribution in [3.8, 4) is 0 Å². The van der Waals surface area contributed by atoms with Gasteiger partial charge in [0.15, 0.2) is 0 Å². The Hall–Kier alpha value is -1.50. The molecular formula is C16H30N2O5. The Morgan fingerprint density at radius 3 is 2.09 bits per heavy atom. The van der Waals surface area contributed by atoms with Crippen molar-refractivity contribution >= 4 is 12.2 Å². The number of hydrogen-bond acceptors (Lipinski definition) is 5. The van der Waals surface area contributed by atoms with Crippen LogP contribution < -0.4 is 10.6 Å². The zero-order valence-electron chi connectivity index (χ0n) is 15.0. The second kappa shape index (κ2) is 7.86. The lowest BCUT2D eigenvalue weighted by molar-refractivity contribution is 0.0480. The molecule has 0 aromatic carbocycles. The molecule has 1 aliphatic rings.